The maximum absolute atomic E-state index is 13.5. The third-order valence-electron chi connectivity index (χ3n) is 12.2. The van der Waals surface area contributed by atoms with Gasteiger partial charge in [0.2, 0.25) is 11.8 Å². The van der Waals surface area contributed by atoms with Crippen molar-refractivity contribution in [2.45, 2.75) is 79.4 Å². The topological polar surface area (TPSA) is 223 Å². The van der Waals surface area contributed by atoms with Crippen LogP contribution in [0.1, 0.15) is 65.5 Å². The molecular weight excluding hydrogens is 1030 g/mol. The quantitative estimate of drug-likeness (QED) is 0.0704. The Bertz CT molecular complexity index is 3320. The summed E-state index contributed by atoms with van der Waals surface area (Å²) in [6.45, 7) is 18.4. The van der Waals surface area contributed by atoms with E-state index >= 15 is 0 Å². The lowest BCUT2D eigenvalue weighted by molar-refractivity contribution is -0.117. The molecule has 1 fully saturated rings. The van der Waals surface area contributed by atoms with Crippen molar-refractivity contribution in [1.82, 2.24) is 44.9 Å². The predicted molar refractivity (Wildman–Crippen MR) is 306 cm³/mol. The van der Waals surface area contributed by atoms with Crippen molar-refractivity contribution in [3.63, 3.8) is 0 Å². The maximum Gasteiger partial charge on any atom is 0.420 e. The molecule has 1 aliphatic heterocycles. The van der Waals surface area contributed by atoms with Gasteiger partial charge in [-0.15, -0.1) is 11.6 Å². The van der Waals surface area contributed by atoms with E-state index in [0.717, 1.165) is 58.1 Å². The Balaban J connectivity index is 0.000000210. The van der Waals surface area contributed by atoms with Gasteiger partial charge in [-0.1, -0.05) is 24.3 Å². The van der Waals surface area contributed by atoms with Crippen LogP contribution in [0.25, 0.3) is 33.9 Å². The van der Waals surface area contributed by atoms with E-state index in [-0.39, 0.29) is 24.1 Å². The second-order valence-corrected chi connectivity index (χ2v) is 21.0. The third kappa shape index (κ3) is 15.3. The van der Waals surface area contributed by atoms with E-state index in [2.05, 4.69) is 46.1 Å². The van der Waals surface area contributed by atoms with Gasteiger partial charge in [-0.2, -0.15) is 20.4 Å². The van der Waals surface area contributed by atoms with E-state index in [1.807, 2.05) is 141 Å². The molecule has 5 heterocycles. The maximum atomic E-state index is 13.5. The average Bonchev–Trinajstić information content (AvgIpc) is 4.28. The lowest BCUT2D eigenvalue weighted by Crippen LogP contribution is -2.38. The number of carbonyl (C=O) groups excluding carboxylic acids is 4. The number of H-pyrrole nitrogens is 2. The monoisotopic (exact) mass is 1090 g/mol. The fraction of sp³-hybridized carbons (Fsp3) is 0.310. The Morgan fingerprint density at radius 2 is 1.05 bits per heavy atom. The molecule has 0 spiro atoms. The van der Waals surface area contributed by atoms with Crippen LogP contribution in [0.5, 0.6) is 0 Å². The molecule has 79 heavy (non-hydrogen) atoms. The summed E-state index contributed by atoms with van der Waals surface area (Å²) >= 11 is 5.66. The molecule has 0 radical (unpaired) electrons. The van der Waals surface area contributed by atoms with Gasteiger partial charge in [0.05, 0.1) is 47.4 Å². The molecule has 8 aromatic rings. The number of nitrogens with one attached hydrogen (secondary N) is 4. The fourth-order valence-electron chi connectivity index (χ4n) is 8.41. The van der Waals surface area contributed by atoms with E-state index in [1.54, 1.807) is 58.2 Å². The van der Waals surface area contributed by atoms with E-state index in [1.165, 1.54) is 9.80 Å². The largest absolute Gasteiger partial charge is 0.443 e. The number of carbonyl (C=O) groups is 4. The highest BCUT2D eigenvalue weighted by molar-refractivity contribution is 6.19. The van der Waals surface area contributed by atoms with Gasteiger partial charge in [0.15, 0.2) is 11.6 Å². The number of hydrogen-bond acceptors (Lipinski definition) is 12. The van der Waals surface area contributed by atoms with Gasteiger partial charge >= 0.3 is 12.2 Å². The molecule has 1 aliphatic rings. The van der Waals surface area contributed by atoms with Crippen molar-refractivity contribution in [3.05, 3.63) is 145 Å². The van der Waals surface area contributed by atoms with Crippen molar-refractivity contribution >= 4 is 70.0 Å². The van der Waals surface area contributed by atoms with Crippen molar-refractivity contribution < 1.29 is 33.4 Å². The molecule has 20 nitrogen and oxygen atoms in total. The van der Waals surface area contributed by atoms with E-state index in [4.69, 9.17) is 25.8 Å². The summed E-state index contributed by atoms with van der Waals surface area (Å²) in [6, 6.07) is 33.7. The van der Waals surface area contributed by atoms with Gasteiger partial charge in [0, 0.05) is 86.7 Å². The molecular formula is C58H66ClN13O7. The number of alkyl halides is 1. The number of nitrogens with zero attached hydrogens (tertiary/aromatic N) is 9. The highest BCUT2D eigenvalue weighted by atomic mass is 35.5. The van der Waals surface area contributed by atoms with Crippen molar-refractivity contribution in [2.24, 2.45) is 0 Å². The summed E-state index contributed by atoms with van der Waals surface area (Å²) in [5.41, 5.74) is 7.70. The Hall–Kier alpha value is -8.59. The van der Waals surface area contributed by atoms with E-state index in [9.17, 15) is 19.2 Å². The highest BCUT2D eigenvalue weighted by Crippen LogP contribution is 2.35. The standard InChI is InChI=1S/C31H37N7O4.C27H29ClN6O3/c1-22-20-24(33-29(39)12-15-36-16-18-41-19-17-36)8-11-27(22)38(30(40)42-31(2,3)4)28-21-26(34-35-28)23-6-9-25(10-7-23)37-14-5-13-32-37;1-18-16-20(30-25(35)12-13-28)8-11-23(18)34(26(36)37-27(2,3)4)24-17-22(31-32-24)19-6-9-21(10-7-19)33-15-5-14-29-33/h5-11,13-14,20-21H,12,15-19H2,1-4H3,(H,33,39)(H,34,35);5-11,14-17H,12-13H2,1-4H3,(H,30,35)(H,31,32). The smallest absolute Gasteiger partial charge is 0.420 e. The third-order valence-corrected chi connectivity index (χ3v) is 12.3. The molecule has 1 saturated heterocycles. The molecule has 4 aromatic heterocycles. The summed E-state index contributed by atoms with van der Waals surface area (Å²) < 4.78 is 20.4. The minimum absolute atomic E-state index is 0.0619. The Morgan fingerprint density at radius 3 is 1.43 bits per heavy atom. The van der Waals surface area contributed by atoms with Crippen LogP contribution >= 0.6 is 11.6 Å². The normalized spacial score (nSPS) is 12.7. The van der Waals surface area contributed by atoms with Gasteiger partial charge in [-0.3, -0.25) is 24.7 Å². The zero-order valence-electron chi connectivity index (χ0n) is 45.6. The zero-order chi connectivity index (χ0) is 56.3. The molecule has 4 aromatic carbocycles. The van der Waals surface area contributed by atoms with Gasteiger partial charge in [-0.05, 0) is 150 Å². The molecule has 0 saturated carbocycles. The molecule has 0 aliphatic carbocycles. The van der Waals surface area contributed by atoms with Gasteiger partial charge < -0.3 is 24.8 Å². The minimum Gasteiger partial charge on any atom is -0.443 e. The number of anilines is 6. The molecule has 4 amide bonds. The van der Waals surface area contributed by atoms with Crippen LogP contribution in [-0.4, -0.2) is 119 Å². The fourth-order valence-corrected chi connectivity index (χ4v) is 8.58. The SMILES string of the molecule is Cc1cc(NC(=O)CCCl)ccc1N(C(=O)OC(C)(C)C)c1cc(-c2ccc(-n3cccn3)cc2)[nH]n1.Cc1cc(NC(=O)CCN2CCOCC2)ccc1N(C(=O)OC(C)(C)C)c1cc(-c2ccc(-n3cccn3)cc2)[nH]n1. The first kappa shape index (κ1) is 56.6. The van der Waals surface area contributed by atoms with Crippen molar-refractivity contribution in [3.8, 4) is 33.9 Å². The van der Waals surface area contributed by atoms with E-state index < -0.39 is 23.4 Å². The van der Waals surface area contributed by atoms with Crippen LogP contribution in [0.15, 0.2) is 134 Å². The van der Waals surface area contributed by atoms with E-state index in [0.29, 0.717) is 60.6 Å². The zero-order valence-corrected chi connectivity index (χ0v) is 46.4. The first-order valence-corrected chi connectivity index (χ1v) is 26.4. The second kappa shape index (κ2) is 25.3. The average molecular weight is 1090 g/mol. The van der Waals surface area contributed by atoms with Gasteiger partial charge in [0.1, 0.15) is 11.2 Å². The number of aryl methyl sites for hydroxylation is 2. The molecule has 0 bridgehead atoms. The number of benzene rings is 4. The van der Waals surface area contributed by atoms with Crippen LogP contribution < -0.4 is 20.4 Å². The summed E-state index contributed by atoms with van der Waals surface area (Å²) in [5, 5.41) is 29.3. The number of morpholine rings is 1. The summed E-state index contributed by atoms with van der Waals surface area (Å²) in [6.07, 6.45) is 6.69. The first-order chi connectivity index (χ1) is 37.8. The second-order valence-electron chi connectivity index (χ2n) is 20.6. The van der Waals surface area contributed by atoms with Crippen LogP contribution in [0.3, 0.4) is 0 Å². The van der Waals surface area contributed by atoms with Crippen molar-refractivity contribution in [2.75, 3.05) is 59.2 Å². The minimum atomic E-state index is -0.709. The molecule has 21 heteroatoms. The molecule has 412 valence electrons. The van der Waals surface area contributed by atoms with Crippen LogP contribution in [0.4, 0.5) is 44.0 Å². The van der Waals surface area contributed by atoms with Gasteiger partial charge in [0.25, 0.3) is 0 Å². The lowest BCUT2D eigenvalue weighted by Gasteiger charge is -2.27. The number of halogens is 1. The number of rotatable bonds is 15. The Morgan fingerprint density at radius 1 is 0.620 bits per heavy atom. The Kier molecular flexibility index (Phi) is 18.1. The number of amides is 4. The number of ether oxygens (including phenoxy) is 3. The summed E-state index contributed by atoms with van der Waals surface area (Å²) in [5.74, 6) is 0.765. The number of hydrogen-bond donors (Lipinski definition) is 4. The predicted octanol–water partition coefficient (Wildman–Crippen LogP) is 11.5. The van der Waals surface area contributed by atoms with Gasteiger partial charge in [-0.25, -0.2) is 28.8 Å². The van der Waals surface area contributed by atoms with Crippen LogP contribution in [0.2, 0.25) is 0 Å². The van der Waals surface area contributed by atoms with Crippen LogP contribution in [-0.2, 0) is 23.8 Å². The van der Waals surface area contributed by atoms with Crippen molar-refractivity contribution in [1.29, 1.82) is 0 Å². The first-order valence-electron chi connectivity index (χ1n) is 25.9. The Labute approximate surface area is 464 Å². The molecule has 0 unspecified atom stereocenters. The lowest BCUT2D eigenvalue weighted by atomic mass is 10.1. The summed E-state index contributed by atoms with van der Waals surface area (Å²) in [4.78, 5) is 56.5. The highest BCUT2D eigenvalue weighted by Gasteiger charge is 2.30. The number of aromatic amines is 2. The summed E-state index contributed by atoms with van der Waals surface area (Å²) in [7, 11) is 0. The molecule has 4 N–H and O–H groups in total. The van der Waals surface area contributed by atoms with Crippen LogP contribution in [0, 0.1) is 13.8 Å². The number of aromatic nitrogens is 8. The molecule has 9 rings (SSSR count). The molecule has 0 atom stereocenters.